The third-order valence-electron chi connectivity index (χ3n) is 3.44. The number of nitrogens with two attached hydrogens (primary N) is 1. The quantitative estimate of drug-likeness (QED) is 0.636. The van der Waals surface area contributed by atoms with Gasteiger partial charge in [0.15, 0.2) is 0 Å². The van der Waals surface area contributed by atoms with Crippen molar-refractivity contribution >= 4 is 11.6 Å². The summed E-state index contributed by atoms with van der Waals surface area (Å²) >= 11 is 6.07. The second-order valence-corrected chi connectivity index (χ2v) is 5.38. The number of hydrogen-bond acceptors (Lipinski definition) is 3. The molecule has 3 N–H and O–H groups in total. The number of halogens is 1. The molecule has 0 spiro atoms. The number of imidazole rings is 1. The Kier molecular flexibility index (Phi) is 5.17. The van der Waals surface area contributed by atoms with Gasteiger partial charge in [-0.1, -0.05) is 30.7 Å². The molecule has 0 saturated carbocycles. The molecule has 108 valence electrons. The monoisotopic (exact) mass is 292 g/mol. The number of benzene rings is 1. The van der Waals surface area contributed by atoms with E-state index in [1.54, 1.807) is 0 Å². The fourth-order valence-electron chi connectivity index (χ4n) is 2.31. The van der Waals surface area contributed by atoms with Crippen LogP contribution in [-0.4, -0.2) is 9.55 Å². The Morgan fingerprint density at radius 1 is 1.45 bits per heavy atom. The van der Waals surface area contributed by atoms with Crippen LogP contribution in [0.15, 0.2) is 30.6 Å². The van der Waals surface area contributed by atoms with E-state index in [1.807, 2.05) is 31.5 Å². The lowest BCUT2D eigenvalue weighted by Gasteiger charge is -2.18. The fourth-order valence-corrected chi connectivity index (χ4v) is 2.43. The van der Waals surface area contributed by atoms with Crippen LogP contribution >= 0.6 is 11.6 Å². The van der Waals surface area contributed by atoms with Gasteiger partial charge in [-0.25, -0.2) is 4.98 Å². The molecule has 1 aromatic heterocycles. The minimum absolute atomic E-state index is 0.0315. The molecule has 1 aromatic carbocycles. The van der Waals surface area contributed by atoms with Gasteiger partial charge in [-0.05, 0) is 30.5 Å². The number of aryl methyl sites for hydroxylation is 2. The Morgan fingerprint density at radius 3 is 2.90 bits per heavy atom. The van der Waals surface area contributed by atoms with Crippen molar-refractivity contribution in [3.05, 3.63) is 52.6 Å². The Morgan fingerprint density at radius 2 is 2.25 bits per heavy atom. The molecule has 0 aliphatic heterocycles. The van der Waals surface area contributed by atoms with Gasteiger partial charge >= 0.3 is 0 Å². The van der Waals surface area contributed by atoms with E-state index in [4.69, 9.17) is 17.4 Å². The Hall–Kier alpha value is -1.36. The maximum Gasteiger partial charge on any atom is 0.110 e. The van der Waals surface area contributed by atoms with Crippen molar-refractivity contribution in [2.24, 2.45) is 5.84 Å². The molecule has 0 radical (unpaired) electrons. The van der Waals surface area contributed by atoms with Gasteiger partial charge in [0.2, 0.25) is 0 Å². The minimum atomic E-state index is 0.0315. The van der Waals surface area contributed by atoms with Crippen LogP contribution < -0.4 is 11.3 Å². The van der Waals surface area contributed by atoms with Crippen molar-refractivity contribution in [3.63, 3.8) is 0 Å². The predicted octanol–water partition coefficient (Wildman–Crippen LogP) is 3.00. The van der Waals surface area contributed by atoms with Crippen molar-refractivity contribution in [2.75, 3.05) is 0 Å². The lowest BCUT2D eigenvalue weighted by atomic mass is 10.0. The van der Waals surface area contributed by atoms with Crippen LogP contribution in [-0.2, 0) is 13.0 Å². The summed E-state index contributed by atoms with van der Waals surface area (Å²) in [7, 11) is 0. The number of nitrogens with zero attached hydrogens (tertiary/aromatic N) is 2. The van der Waals surface area contributed by atoms with E-state index in [-0.39, 0.29) is 6.04 Å². The first kappa shape index (κ1) is 15.0. The van der Waals surface area contributed by atoms with Gasteiger partial charge in [-0.15, -0.1) is 0 Å². The largest absolute Gasteiger partial charge is 0.335 e. The normalized spacial score (nSPS) is 12.6. The second-order valence-electron chi connectivity index (χ2n) is 4.97. The van der Waals surface area contributed by atoms with Crippen molar-refractivity contribution in [2.45, 2.75) is 39.3 Å². The van der Waals surface area contributed by atoms with Crippen LogP contribution in [0.4, 0.5) is 0 Å². The number of hydrazine groups is 1. The molecule has 5 heteroatoms. The summed E-state index contributed by atoms with van der Waals surface area (Å²) in [6.07, 6.45) is 5.69. The number of hydrogen-bond donors (Lipinski definition) is 2. The molecule has 0 bridgehead atoms. The van der Waals surface area contributed by atoms with E-state index in [2.05, 4.69) is 28.0 Å². The van der Waals surface area contributed by atoms with Gasteiger partial charge in [0.1, 0.15) is 5.82 Å². The van der Waals surface area contributed by atoms with Gasteiger partial charge in [-0.3, -0.25) is 11.3 Å². The zero-order valence-electron chi connectivity index (χ0n) is 11.9. The van der Waals surface area contributed by atoms with Gasteiger partial charge in [0.25, 0.3) is 0 Å². The molecule has 2 aromatic rings. The zero-order chi connectivity index (χ0) is 14.5. The average Bonchev–Trinajstić information content (AvgIpc) is 2.87. The molecular weight excluding hydrogens is 272 g/mol. The predicted molar refractivity (Wildman–Crippen MR) is 82.5 cm³/mol. The highest BCUT2D eigenvalue weighted by atomic mass is 35.5. The van der Waals surface area contributed by atoms with Crippen LogP contribution in [0.5, 0.6) is 0 Å². The molecule has 0 saturated heterocycles. The Bertz CT molecular complexity index is 565. The van der Waals surface area contributed by atoms with E-state index in [0.29, 0.717) is 0 Å². The summed E-state index contributed by atoms with van der Waals surface area (Å²) in [6.45, 7) is 5.13. The standard InChI is InChI=1S/C15H21ClN4/c1-3-7-20-8-6-18-15(20)10-14(19-17)12-4-5-13(16)11(2)9-12/h4-6,8-9,14,19H,3,7,10,17H2,1-2H3. The molecule has 1 unspecified atom stereocenters. The van der Waals surface area contributed by atoms with E-state index in [0.717, 1.165) is 41.4 Å². The summed E-state index contributed by atoms with van der Waals surface area (Å²) < 4.78 is 2.17. The van der Waals surface area contributed by atoms with Gasteiger partial charge < -0.3 is 4.57 Å². The highest BCUT2D eigenvalue weighted by Crippen LogP contribution is 2.22. The minimum Gasteiger partial charge on any atom is -0.335 e. The van der Waals surface area contributed by atoms with Crippen molar-refractivity contribution in [1.29, 1.82) is 0 Å². The zero-order valence-corrected chi connectivity index (χ0v) is 12.7. The topological polar surface area (TPSA) is 55.9 Å². The summed E-state index contributed by atoms with van der Waals surface area (Å²) in [4.78, 5) is 4.43. The highest BCUT2D eigenvalue weighted by Gasteiger charge is 2.14. The van der Waals surface area contributed by atoms with Crippen molar-refractivity contribution in [1.82, 2.24) is 15.0 Å². The molecule has 20 heavy (non-hydrogen) atoms. The Balaban J connectivity index is 2.19. The van der Waals surface area contributed by atoms with Gasteiger partial charge in [-0.2, -0.15) is 0 Å². The smallest absolute Gasteiger partial charge is 0.110 e. The van der Waals surface area contributed by atoms with Crippen molar-refractivity contribution < 1.29 is 0 Å². The molecule has 4 nitrogen and oxygen atoms in total. The third kappa shape index (κ3) is 3.39. The first-order chi connectivity index (χ1) is 9.65. The van der Waals surface area contributed by atoms with E-state index in [9.17, 15) is 0 Å². The molecule has 0 aliphatic rings. The van der Waals surface area contributed by atoms with E-state index in [1.165, 1.54) is 0 Å². The number of rotatable bonds is 6. The van der Waals surface area contributed by atoms with E-state index < -0.39 is 0 Å². The average molecular weight is 293 g/mol. The van der Waals surface area contributed by atoms with Crippen LogP contribution in [0.1, 0.15) is 36.3 Å². The number of nitrogens with one attached hydrogen (secondary N) is 1. The third-order valence-corrected chi connectivity index (χ3v) is 3.86. The van der Waals surface area contributed by atoms with E-state index >= 15 is 0 Å². The molecular formula is C15H21ClN4. The summed E-state index contributed by atoms with van der Waals surface area (Å²) in [5, 5.41) is 0.775. The maximum absolute atomic E-state index is 6.07. The molecule has 0 amide bonds. The first-order valence-corrected chi connectivity index (χ1v) is 7.25. The SMILES string of the molecule is CCCn1ccnc1CC(NN)c1ccc(Cl)c(C)c1. The fraction of sp³-hybridized carbons (Fsp3) is 0.400. The highest BCUT2D eigenvalue weighted by molar-refractivity contribution is 6.31. The van der Waals surface area contributed by atoms with Crippen molar-refractivity contribution in [3.8, 4) is 0 Å². The van der Waals surface area contributed by atoms with Gasteiger partial charge in [0.05, 0.1) is 6.04 Å². The van der Waals surface area contributed by atoms with Gasteiger partial charge in [0, 0.05) is 30.4 Å². The lowest BCUT2D eigenvalue weighted by molar-refractivity contribution is 0.517. The van der Waals surface area contributed by atoms with Crippen LogP contribution in [0.3, 0.4) is 0 Å². The molecule has 2 rings (SSSR count). The molecule has 1 heterocycles. The summed E-state index contributed by atoms with van der Waals surface area (Å²) in [5.41, 5.74) is 5.06. The molecule has 0 aliphatic carbocycles. The molecule has 0 fully saturated rings. The van der Waals surface area contributed by atoms with Crippen LogP contribution in [0, 0.1) is 6.92 Å². The van der Waals surface area contributed by atoms with Crippen LogP contribution in [0.2, 0.25) is 5.02 Å². The number of aromatic nitrogens is 2. The molecule has 1 atom stereocenters. The summed E-state index contributed by atoms with van der Waals surface area (Å²) in [5.74, 6) is 6.76. The first-order valence-electron chi connectivity index (χ1n) is 6.88. The lowest BCUT2D eigenvalue weighted by Crippen LogP contribution is -2.30. The maximum atomic E-state index is 6.07. The summed E-state index contributed by atoms with van der Waals surface area (Å²) in [6, 6.07) is 6.02. The Labute approximate surface area is 124 Å². The van der Waals surface area contributed by atoms with Crippen LogP contribution in [0.25, 0.3) is 0 Å². The second kappa shape index (κ2) is 6.88.